The molecule has 0 atom stereocenters. The molecule has 1 amide bonds. The minimum absolute atomic E-state index is 0.262. The van der Waals surface area contributed by atoms with E-state index in [1.165, 1.54) is 7.11 Å². The molecule has 1 fully saturated rings. The third-order valence-corrected chi connectivity index (χ3v) is 4.66. The number of benzene rings is 2. The monoisotopic (exact) mass is 368 g/mol. The van der Waals surface area contributed by atoms with E-state index in [9.17, 15) is 9.59 Å². The fraction of sp³-hybridized carbons (Fsp3) is 0.333. The van der Waals surface area contributed by atoms with Gasteiger partial charge in [-0.25, -0.2) is 4.79 Å². The highest BCUT2D eigenvalue weighted by Crippen LogP contribution is 2.25. The van der Waals surface area contributed by atoms with Crippen molar-refractivity contribution in [2.45, 2.75) is 13.3 Å². The van der Waals surface area contributed by atoms with Gasteiger partial charge in [0, 0.05) is 24.3 Å². The molecule has 0 aliphatic carbocycles. The molecule has 6 heteroatoms. The van der Waals surface area contributed by atoms with Crippen molar-refractivity contribution in [2.75, 3.05) is 43.6 Å². The number of nitrogens with one attached hydrogen (secondary N) is 1. The Morgan fingerprint density at radius 3 is 2.44 bits per heavy atom. The van der Waals surface area contributed by atoms with Gasteiger partial charge in [-0.15, -0.1) is 0 Å². The lowest BCUT2D eigenvalue weighted by Crippen LogP contribution is -2.36. The van der Waals surface area contributed by atoms with Crippen LogP contribution in [0.2, 0.25) is 0 Å². The summed E-state index contributed by atoms with van der Waals surface area (Å²) in [6, 6.07) is 12.8. The van der Waals surface area contributed by atoms with Gasteiger partial charge in [-0.3, -0.25) is 4.79 Å². The van der Waals surface area contributed by atoms with Gasteiger partial charge in [-0.05, 0) is 42.3 Å². The van der Waals surface area contributed by atoms with Crippen LogP contribution >= 0.6 is 0 Å². The van der Waals surface area contributed by atoms with E-state index in [1.807, 2.05) is 18.2 Å². The third kappa shape index (κ3) is 4.46. The lowest BCUT2D eigenvalue weighted by molar-refractivity contribution is 0.0602. The number of morpholine rings is 1. The molecule has 1 aliphatic rings. The summed E-state index contributed by atoms with van der Waals surface area (Å²) in [5, 5.41) is 2.83. The summed E-state index contributed by atoms with van der Waals surface area (Å²) < 4.78 is 10.3. The SMILES string of the molecule is CCc1ccc(C(=O)Nc2ccc(N3CCOCC3)cc2C(=O)OC)cc1. The minimum Gasteiger partial charge on any atom is -0.465 e. The van der Waals surface area contributed by atoms with Crippen molar-refractivity contribution in [1.29, 1.82) is 0 Å². The highest BCUT2D eigenvalue weighted by Gasteiger charge is 2.19. The standard InChI is InChI=1S/C21H24N2O4/c1-3-15-4-6-16(7-5-15)20(24)22-19-9-8-17(14-18(19)21(25)26-2)23-10-12-27-13-11-23/h4-9,14H,3,10-13H2,1-2H3,(H,22,24). The number of ether oxygens (including phenoxy) is 2. The van der Waals surface area contributed by atoms with Crippen molar-refractivity contribution in [3.8, 4) is 0 Å². The highest BCUT2D eigenvalue weighted by molar-refractivity contribution is 6.08. The van der Waals surface area contributed by atoms with Gasteiger partial charge < -0.3 is 19.7 Å². The predicted molar refractivity (Wildman–Crippen MR) is 105 cm³/mol. The molecule has 2 aromatic rings. The van der Waals surface area contributed by atoms with E-state index in [2.05, 4.69) is 17.1 Å². The fourth-order valence-electron chi connectivity index (χ4n) is 3.02. The Morgan fingerprint density at radius 1 is 1.11 bits per heavy atom. The number of aryl methyl sites for hydroxylation is 1. The average molecular weight is 368 g/mol. The van der Waals surface area contributed by atoms with Crippen LogP contribution in [0, 0.1) is 0 Å². The molecule has 0 saturated carbocycles. The van der Waals surface area contributed by atoms with Gasteiger partial charge in [0.1, 0.15) is 0 Å². The number of anilines is 2. The van der Waals surface area contributed by atoms with E-state index < -0.39 is 5.97 Å². The zero-order valence-corrected chi connectivity index (χ0v) is 15.7. The molecular formula is C21H24N2O4. The van der Waals surface area contributed by atoms with Gasteiger partial charge in [-0.2, -0.15) is 0 Å². The number of rotatable bonds is 5. The fourth-order valence-corrected chi connectivity index (χ4v) is 3.02. The summed E-state index contributed by atoms with van der Waals surface area (Å²) in [5.41, 5.74) is 3.38. The molecule has 1 aliphatic heterocycles. The molecule has 2 aromatic carbocycles. The quantitative estimate of drug-likeness (QED) is 0.822. The molecule has 142 valence electrons. The van der Waals surface area contributed by atoms with E-state index in [0.29, 0.717) is 30.0 Å². The average Bonchev–Trinajstić information content (AvgIpc) is 2.74. The van der Waals surface area contributed by atoms with Gasteiger partial charge in [0.15, 0.2) is 0 Å². The Labute approximate surface area is 159 Å². The minimum atomic E-state index is -0.484. The van der Waals surface area contributed by atoms with E-state index in [1.54, 1.807) is 24.3 Å². The third-order valence-electron chi connectivity index (χ3n) is 4.66. The number of hydrogen-bond donors (Lipinski definition) is 1. The summed E-state index contributed by atoms with van der Waals surface area (Å²) >= 11 is 0. The maximum atomic E-state index is 12.6. The number of carbonyl (C=O) groups is 2. The molecule has 0 spiro atoms. The van der Waals surface area contributed by atoms with Gasteiger partial charge in [0.2, 0.25) is 0 Å². The normalized spacial score (nSPS) is 13.9. The van der Waals surface area contributed by atoms with Crippen molar-refractivity contribution in [3.05, 3.63) is 59.2 Å². The van der Waals surface area contributed by atoms with Crippen LogP contribution in [0.25, 0.3) is 0 Å². The zero-order valence-electron chi connectivity index (χ0n) is 15.7. The van der Waals surface area contributed by atoms with Crippen molar-refractivity contribution >= 4 is 23.3 Å². The summed E-state index contributed by atoms with van der Waals surface area (Å²) in [5.74, 6) is -0.747. The maximum Gasteiger partial charge on any atom is 0.340 e. The maximum absolute atomic E-state index is 12.6. The molecule has 3 rings (SSSR count). The summed E-state index contributed by atoms with van der Waals surface area (Å²) in [4.78, 5) is 27.0. The molecular weight excluding hydrogens is 344 g/mol. The number of hydrogen-bond acceptors (Lipinski definition) is 5. The van der Waals surface area contributed by atoms with Crippen LogP contribution in [0.1, 0.15) is 33.2 Å². The Balaban J connectivity index is 1.84. The first-order chi connectivity index (χ1) is 13.1. The zero-order chi connectivity index (χ0) is 19.2. The van der Waals surface area contributed by atoms with Crippen molar-refractivity contribution in [3.63, 3.8) is 0 Å². The Kier molecular flexibility index (Phi) is 6.08. The number of esters is 1. The van der Waals surface area contributed by atoms with Gasteiger partial charge in [0.05, 0.1) is 31.6 Å². The highest BCUT2D eigenvalue weighted by atomic mass is 16.5. The number of amides is 1. The van der Waals surface area contributed by atoms with Gasteiger partial charge >= 0.3 is 5.97 Å². The molecule has 0 bridgehead atoms. The van der Waals surface area contributed by atoms with E-state index >= 15 is 0 Å². The summed E-state index contributed by atoms with van der Waals surface area (Å²) in [6.45, 7) is 4.89. The predicted octanol–water partition coefficient (Wildman–Crippen LogP) is 3.12. The van der Waals surface area contributed by atoms with Crippen LogP contribution in [-0.4, -0.2) is 45.3 Å². The second kappa shape index (κ2) is 8.68. The van der Waals surface area contributed by atoms with Gasteiger partial charge in [0.25, 0.3) is 5.91 Å². The van der Waals surface area contributed by atoms with E-state index in [-0.39, 0.29) is 5.91 Å². The molecule has 1 saturated heterocycles. The second-order valence-electron chi connectivity index (χ2n) is 6.33. The second-order valence-corrected chi connectivity index (χ2v) is 6.33. The van der Waals surface area contributed by atoms with E-state index in [0.717, 1.165) is 30.8 Å². The van der Waals surface area contributed by atoms with Crippen LogP contribution in [0.3, 0.4) is 0 Å². The van der Waals surface area contributed by atoms with Crippen LogP contribution in [-0.2, 0) is 15.9 Å². The first kappa shape index (κ1) is 18.9. The first-order valence-electron chi connectivity index (χ1n) is 9.07. The van der Waals surface area contributed by atoms with Crippen LogP contribution in [0.5, 0.6) is 0 Å². The Hall–Kier alpha value is -2.86. The van der Waals surface area contributed by atoms with Crippen molar-refractivity contribution in [2.24, 2.45) is 0 Å². The number of methoxy groups -OCH3 is 1. The molecule has 0 radical (unpaired) electrons. The molecule has 0 aromatic heterocycles. The molecule has 27 heavy (non-hydrogen) atoms. The van der Waals surface area contributed by atoms with Crippen LogP contribution < -0.4 is 10.2 Å². The van der Waals surface area contributed by atoms with Crippen molar-refractivity contribution < 1.29 is 19.1 Å². The lowest BCUT2D eigenvalue weighted by atomic mass is 10.1. The van der Waals surface area contributed by atoms with Crippen molar-refractivity contribution in [1.82, 2.24) is 0 Å². The topological polar surface area (TPSA) is 67.9 Å². The summed E-state index contributed by atoms with van der Waals surface area (Å²) in [6.07, 6.45) is 0.914. The van der Waals surface area contributed by atoms with E-state index in [4.69, 9.17) is 9.47 Å². The molecule has 6 nitrogen and oxygen atoms in total. The lowest BCUT2D eigenvalue weighted by Gasteiger charge is -2.29. The van der Waals surface area contributed by atoms with Gasteiger partial charge in [-0.1, -0.05) is 19.1 Å². The Morgan fingerprint density at radius 2 is 1.81 bits per heavy atom. The summed E-state index contributed by atoms with van der Waals surface area (Å²) in [7, 11) is 1.33. The number of nitrogens with zero attached hydrogens (tertiary/aromatic N) is 1. The smallest absolute Gasteiger partial charge is 0.340 e. The first-order valence-corrected chi connectivity index (χ1v) is 9.07. The van der Waals surface area contributed by atoms with Crippen LogP contribution in [0.15, 0.2) is 42.5 Å². The molecule has 1 N–H and O–H groups in total. The largest absolute Gasteiger partial charge is 0.465 e. The number of carbonyl (C=O) groups excluding carboxylic acids is 2. The Bertz CT molecular complexity index is 811. The molecule has 1 heterocycles. The van der Waals surface area contributed by atoms with Crippen LogP contribution in [0.4, 0.5) is 11.4 Å². The molecule has 0 unspecified atom stereocenters.